The summed E-state index contributed by atoms with van der Waals surface area (Å²) in [6.45, 7) is 5.70. The van der Waals surface area contributed by atoms with Gasteiger partial charge in [0.25, 0.3) is 0 Å². The minimum atomic E-state index is 0.244. The molecule has 3 rings (SSSR count). The van der Waals surface area contributed by atoms with Gasteiger partial charge in [0.15, 0.2) is 0 Å². The van der Waals surface area contributed by atoms with Gasteiger partial charge < -0.3 is 10.2 Å². The molecule has 1 unspecified atom stereocenters. The molecule has 0 spiro atoms. The first-order valence-electron chi connectivity index (χ1n) is 7.52. The number of hydrogen-bond acceptors (Lipinski definition) is 2. The second-order valence-corrected chi connectivity index (χ2v) is 6.60. The molecule has 1 heterocycles. The van der Waals surface area contributed by atoms with Crippen molar-refractivity contribution < 1.29 is 0 Å². The molecule has 2 aromatic carbocycles. The number of piperidine rings is 1. The molecule has 0 saturated carbocycles. The molecular formula is C18H24N2. The highest BCUT2D eigenvalue weighted by Gasteiger charge is 2.29. The standard InChI is InChI=1S/C18H24N2/c1-18(2)13-17(10-11-19-18)20(3)16-9-8-14-6-4-5-7-15(14)12-16/h4-9,12,17,19H,10-11,13H2,1-3H3. The molecule has 1 aliphatic heterocycles. The molecule has 1 atom stereocenters. The summed E-state index contributed by atoms with van der Waals surface area (Å²) in [7, 11) is 2.23. The van der Waals surface area contributed by atoms with Crippen LogP contribution in [0, 0.1) is 0 Å². The van der Waals surface area contributed by atoms with Gasteiger partial charge in [-0.1, -0.05) is 30.3 Å². The van der Waals surface area contributed by atoms with Gasteiger partial charge in [-0.15, -0.1) is 0 Å². The highest BCUT2D eigenvalue weighted by Crippen LogP contribution is 2.28. The number of nitrogens with zero attached hydrogens (tertiary/aromatic N) is 1. The molecule has 106 valence electrons. The van der Waals surface area contributed by atoms with Gasteiger partial charge in [-0.25, -0.2) is 0 Å². The average Bonchev–Trinajstić information content (AvgIpc) is 2.45. The van der Waals surface area contributed by atoms with Crippen LogP contribution < -0.4 is 10.2 Å². The van der Waals surface area contributed by atoms with E-state index in [2.05, 4.69) is 73.6 Å². The zero-order valence-electron chi connectivity index (χ0n) is 12.7. The summed E-state index contributed by atoms with van der Waals surface area (Å²) in [6.07, 6.45) is 2.41. The van der Waals surface area contributed by atoms with E-state index in [0.29, 0.717) is 6.04 Å². The monoisotopic (exact) mass is 268 g/mol. The molecule has 0 aromatic heterocycles. The van der Waals surface area contributed by atoms with Crippen LogP contribution in [0.2, 0.25) is 0 Å². The summed E-state index contributed by atoms with van der Waals surface area (Å²) in [6, 6.07) is 16.0. The Morgan fingerprint density at radius 3 is 2.60 bits per heavy atom. The Labute approximate surface area is 121 Å². The van der Waals surface area contributed by atoms with Crippen molar-refractivity contribution >= 4 is 16.5 Å². The Balaban J connectivity index is 1.86. The van der Waals surface area contributed by atoms with Crippen LogP contribution in [0.15, 0.2) is 42.5 Å². The Kier molecular flexibility index (Phi) is 3.43. The lowest BCUT2D eigenvalue weighted by Crippen LogP contribution is -2.52. The van der Waals surface area contributed by atoms with Crippen LogP contribution in [0.5, 0.6) is 0 Å². The van der Waals surface area contributed by atoms with E-state index in [4.69, 9.17) is 0 Å². The van der Waals surface area contributed by atoms with Crippen LogP contribution in [0.1, 0.15) is 26.7 Å². The molecule has 1 fully saturated rings. The van der Waals surface area contributed by atoms with Crippen molar-refractivity contribution in [1.29, 1.82) is 0 Å². The van der Waals surface area contributed by atoms with E-state index in [1.165, 1.54) is 29.3 Å². The summed E-state index contributed by atoms with van der Waals surface area (Å²) in [4.78, 5) is 2.45. The van der Waals surface area contributed by atoms with Gasteiger partial charge >= 0.3 is 0 Å². The highest BCUT2D eigenvalue weighted by molar-refractivity contribution is 5.85. The number of hydrogen-bond donors (Lipinski definition) is 1. The first kappa shape index (κ1) is 13.4. The van der Waals surface area contributed by atoms with E-state index in [-0.39, 0.29) is 5.54 Å². The summed E-state index contributed by atoms with van der Waals surface area (Å²) in [5.41, 5.74) is 1.57. The zero-order chi connectivity index (χ0) is 14.2. The highest BCUT2D eigenvalue weighted by atomic mass is 15.2. The maximum atomic E-state index is 3.60. The zero-order valence-corrected chi connectivity index (χ0v) is 12.7. The fraction of sp³-hybridized carbons (Fsp3) is 0.444. The molecule has 2 heteroatoms. The Morgan fingerprint density at radius 1 is 1.10 bits per heavy atom. The average molecular weight is 268 g/mol. The quantitative estimate of drug-likeness (QED) is 0.891. The van der Waals surface area contributed by atoms with Crippen LogP contribution in [-0.4, -0.2) is 25.2 Å². The van der Waals surface area contributed by atoms with Crippen LogP contribution in [0.4, 0.5) is 5.69 Å². The molecule has 1 saturated heterocycles. The van der Waals surface area contributed by atoms with E-state index >= 15 is 0 Å². The molecule has 2 aromatic rings. The molecule has 0 aliphatic carbocycles. The fourth-order valence-corrected chi connectivity index (χ4v) is 3.28. The maximum Gasteiger partial charge on any atom is 0.0372 e. The number of benzene rings is 2. The van der Waals surface area contributed by atoms with Crippen molar-refractivity contribution in [3.63, 3.8) is 0 Å². The SMILES string of the molecule is CN(c1ccc2ccccc2c1)C1CCNC(C)(C)C1. The number of anilines is 1. The number of rotatable bonds is 2. The van der Waals surface area contributed by atoms with Gasteiger partial charge in [-0.2, -0.15) is 0 Å². The van der Waals surface area contributed by atoms with E-state index in [0.717, 1.165) is 6.54 Å². The van der Waals surface area contributed by atoms with Crippen LogP contribution in [0.3, 0.4) is 0 Å². The lowest BCUT2D eigenvalue weighted by Gasteiger charge is -2.41. The number of nitrogens with one attached hydrogen (secondary N) is 1. The van der Waals surface area contributed by atoms with Crippen molar-refractivity contribution in [3.05, 3.63) is 42.5 Å². The predicted molar refractivity (Wildman–Crippen MR) is 87.5 cm³/mol. The number of fused-ring (bicyclic) bond motifs is 1. The largest absolute Gasteiger partial charge is 0.371 e. The minimum Gasteiger partial charge on any atom is -0.371 e. The Hall–Kier alpha value is -1.54. The van der Waals surface area contributed by atoms with E-state index in [1.54, 1.807) is 0 Å². The lowest BCUT2D eigenvalue weighted by molar-refractivity contribution is 0.272. The molecule has 0 radical (unpaired) electrons. The van der Waals surface area contributed by atoms with Crippen molar-refractivity contribution in [1.82, 2.24) is 5.32 Å². The lowest BCUT2D eigenvalue weighted by atomic mass is 9.88. The van der Waals surface area contributed by atoms with Gasteiger partial charge in [-0.3, -0.25) is 0 Å². The fourth-order valence-electron chi connectivity index (χ4n) is 3.28. The molecule has 20 heavy (non-hydrogen) atoms. The van der Waals surface area contributed by atoms with Gasteiger partial charge in [0.2, 0.25) is 0 Å². The van der Waals surface area contributed by atoms with Gasteiger partial charge in [0.05, 0.1) is 0 Å². The summed E-state index contributed by atoms with van der Waals surface area (Å²) < 4.78 is 0. The maximum absolute atomic E-state index is 3.60. The second-order valence-electron chi connectivity index (χ2n) is 6.60. The molecule has 1 aliphatic rings. The molecule has 1 N–H and O–H groups in total. The van der Waals surface area contributed by atoms with Gasteiger partial charge in [0.1, 0.15) is 0 Å². The minimum absolute atomic E-state index is 0.244. The smallest absolute Gasteiger partial charge is 0.0372 e. The van der Waals surface area contributed by atoms with Crippen molar-refractivity contribution in [2.45, 2.75) is 38.3 Å². The first-order chi connectivity index (χ1) is 9.55. The molecule has 0 amide bonds. The van der Waals surface area contributed by atoms with Crippen molar-refractivity contribution in [2.75, 3.05) is 18.5 Å². The normalized spacial score (nSPS) is 21.9. The molecular weight excluding hydrogens is 244 g/mol. The van der Waals surface area contributed by atoms with Gasteiger partial charge in [-0.05, 0) is 56.1 Å². The van der Waals surface area contributed by atoms with E-state index in [9.17, 15) is 0 Å². The predicted octanol–water partition coefficient (Wildman–Crippen LogP) is 3.81. The van der Waals surface area contributed by atoms with Crippen molar-refractivity contribution in [3.8, 4) is 0 Å². The summed E-state index contributed by atoms with van der Waals surface area (Å²) in [5.74, 6) is 0. The van der Waals surface area contributed by atoms with E-state index < -0.39 is 0 Å². The molecule has 2 nitrogen and oxygen atoms in total. The van der Waals surface area contributed by atoms with Gasteiger partial charge in [0, 0.05) is 24.3 Å². The summed E-state index contributed by atoms with van der Waals surface area (Å²) >= 11 is 0. The van der Waals surface area contributed by atoms with Crippen LogP contribution in [0.25, 0.3) is 10.8 Å². The second kappa shape index (κ2) is 5.10. The van der Waals surface area contributed by atoms with Crippen LogP contribution in [-0.2, 0) is 0 Å². The third-order valence-corrected chi connectivity index (χ3v) is 4.52. The Morgan fingerprint density at radius 2 is 1.85 bits per heavy atom. The van der Waals surface area contributed by atoms with Crippen molar-refractivity contribution in [2.24, 2.45) is 0 Å². The first-order valence-corrected chi connectivity index (χ1v) is 7.52. The third-order valence-electron chi connectivity index (χ3n) is 4.52. The topological polar surface area (TPSA) is 15.3 Å². The Bertz CT molecular complexity index is 603. The third kappa shape index (κ3) is 2.66. The molecule has 0 bridgehead atoms. The van der Waals surface area contributed by atoms with Crippen LogP contribution >= 0.6 is 0 Å². The van der Waals surface area contributed by atoms with E-state index in [1.807, 2.05) is 0 Å². The summed E-state index contributed by atoms with van der Waals surface area (Å²) in [5, 5.41) is 6.24.